The van der Waals surface area contributed by atoms with Crippen LogP contribution in [0.5, 0.6) is 5.75 Å². The van der Waals surface area contributed by atoms with E-state index in [9.17, 15) is 0 Å². The molecule has 0 spiro atoms. The molecular weight excluding hydrogens is 266 g/mol. The first-order chi connectivity index (χ1) is 9.20. The van der Waals surface area contributed by atoms with Crippen molar-refractivity contribution >= 4 is 28.3 Å². The van der Waals surface area contributed by atoms with Gasteiger partial charge in [-0.25, -0.2) is 14.6 Å². The van der Waals surface area contributed by atoms with Gasteiger partial charge >= 0.3 is 0 Å². The summed E-state index contributed by atoms with van der Waals surface area (Å²) in [7, 11) is 1.58. The first-order valence-corrected chi connectivity index (χ1v) is 5.86. The van der Waals surface area contributed by atoms with Gasteiger partial charge in [0.05, 0.1) is 18.3 Å². The molecule has 2 N–H and O–H groups in total. The number of nitrogens with zero attached hydrogens (tertiary/aromatic N) is 4. The number of halogens is 1. The molecule has 2 aromatic heterocycles. The Morgan fingerprint density at radius 1 is 1.32 bits per heavy atom. The SMILES string of the molecule is COc1ccc2c(N)ncnc2c1-n1cc(Cl)cn1. The molecule has 0 fully saturated rings. The fourth-order valence-electron chi connectivity index (χ4n) is 1.93. The van der Waals surface area contributed by atoms with Crippen LogP contribution in [0.15, 0.2) is 30.9 Å². The summed E-state index contributed by atoms with van der Waals surface area (Å²) in [6.45, 7) is 0. The molecule has 0 saturated heterocycles. The predicted octanol–water partition coefficient (Wildman–Crippen LogP) is 2.06. The third-order valence-corrected chi connectivity index (χ3v) is 2.97. The largest absolute Gasteiger partial charge is 0.494 e. The summed E-state index contributed by atoms with van der Waals surface area (Å²) in [6.07, 6.45) is 4.63. The van der Waals surface area contributed by atoms with Crippen molar-refractivity contribution in [2.24, 2.45) is 0 Å². The van der Waals surface area contributed by atoms with Crippen LogP contribution in [0.1, 0.15) is 0 Å². The lowest BCUT2D eigenvalue weighted by Crippen LogP contribution is -2.02. The molecule has 0 amide bonds. The Morgan fingerprint density at radius 2 is 2.16 bits per heavy atom. The normalized spacial score (nSPS) is 10.8. The van der Waals surface area contributed by atoms with Crippen molar-refractivity contribution in [1.82, 2.24) is 19.7 Å². The van der Waals surface area contributed by atoms with E-state index in [1.54, 1.807) is 30.3 Å². The van der Waals surface area contributed by atoms with E-state index >= 15 is 0 Å². The second-order valence-corrected chi connectivity index (χ2v) is 4.31. The molecule has 0 unspecified atom stereocenters. The van der Waals surface area contributed by atoms with Gasteiger partial charge in [-0.3, -0.25) is 0 Å². The van der Waals surface area contributed by atoms with Gasteiger partial charge in [-0.2, -0.15) is 5.10 Å². The van der Waals surface area contributed by atoms with Crippen LogP contribution in [-0.2, 0) is 0 Å². The number of aromatic nitrogens is 4. The average molecular weight is 276 g/mol. The molecule has 0 radical (unpaired) electrons. The zero-order valence-corrected chi connectivity index (χ0v) is 10.8. The molecule has 0 atom stereocenters. The summed E-state index contributed by atoms with van der Waals surface area (Å²) in [4.78, 5) is 8.23. The Balaban J connectivity index is 2.40. The molecule has 0 saturated carbocycles. The van der Waals surface area contributed by atoms with Gasteiger partial charge < -0.3 is 10.5 Å². The van der Waals surface area contributed by atoms with E-state index in [1.807, 2.05) is 6.07 Å². The van der Waals surface area contributed by atoms with E-state index < -0.39 is 0 Å². The van der Waals surface area contributed by atoms with Crippen molar-refractivity contribution in [2.45, 2.75) is 0 Å². The van der Waals surface area contributed by atoms with Crippen molar-refractivity contribution in [2.75, 3.05) is 12.8 Å². The molecule has 2 heterocycles. The third kappa shape index (κ3) is 1.86. The van der Waals surface area contributed by atoms with Crippen LogP contribution >= 0.6 is 11.6 Å². The number of hydrogen-bond acceptors (Lipinski definition) is 5. The molecule has 3 aromatic rings. The molecule has 0 bridgehead atoms. The summed E-state index contributed by atoms with van der Waals surface area (Å²) in [5, 5.41) is 5.45. The number of nitrogens with two attached hydrogens (primary N) is 1. The Morgan fingerprint density at radius 3 is 2.84 bits per heavy atom. The first kappa shape index (κ1) is 11.7. The summed E-state index contributed by atoms with van der Waals surface area (Å²) in [5.74, 6) is 1.04. The Kier molecular flexibility index (Phi) is 2.72. The summed E-state index contributed by atoms with van der Waals surface area (Å²) in [5.41, 5.74) is 7.19. The quantitative estimate of drug-likeness (QED) is 0.774. The van der Waals surface area contributed by atoms with E-state index in [1.165, 1.54) is 6.33 Å². The van der Waals surface area contributed by atoms with Crippen molar-refractivity contribution in [3.63, 3.8) is 0 Å². The second-order valence-electron chi connectivity index (χ2n) is 3.87. The molecular formula is C12H10ClN5O. The van der Waals surface area contributed by atoms with E-state index in [0.29, 0.717) is 27.8 Å². The van der Waals surface area contributed by atoms with Crippen LogP contribution in [0.3, 0.4) is 0 Å². The first-order valence-electron chi connectivity index (χ1n) is 5.48. The van der Waals surface area contributed by atoms with Crippen LogP contribution in [0.2, 0.25) is 5.02 Å². The van der Waals surface area contributed by atoms with Gasteiger partial charge in [-0.05, 0) is 12.1 Å². The van der Waals surface area contributed by atoms with Crippen LogP contribution < -0.4 is 10.5 Å². The molecule has 0 aliphatic rings. The summed E-state index contributed by atoms with van der Waals surface area (Å²) >= 11 is 5.91. The summed E-state index contributed by atoms with van der Waals surface area (Å²) < 4.78 is 6.96. The maximum atomic E-state index is 5.91. The highest BCUT2D eigenvalue weighted by Gasteiger charge is 2.14. The molecule has 0 aliphatic heterocycles. The standard InChI is InChI=1S/C12H10ClN5O/c1-19-9-3-2-8-10(15-6-16-12(8)14)11(9)18-5-7(13)4-17-18/h2-6H,1H3,(H2,14,15,16). The number of fused-ring (bicyclic) bond motifs is 1. The van der Waals surface area contributed by atoms with Crippen LogP contribution in [0.4, 0.5) is 5.82 Å². The maximum absolute atomic E-state index is 5.91. The lowest BCUT2D eigenvalue weighted by atomic mass is 10.2. The third-order valence-electron chi connectivity index (χ3n) is 2.77. The highest BCUT2D eigenvalue weighted by molar-refractivity contribution is 6.30. The lowest BCUT2D eigenvalue weighted by Gasteiger charge is -2.11. The van der Waals surface area contributed by atoms with Crippen molar-refractivity contribution in [3.05, 3.63) is 35.9 Å². The molecule has 7 heteroatoms. The monoisotopic (exact) mass is 275 g/mol. The Hall–Kier alpha value is -2.34. The smallest absolute Gasteiger partial charge is 0.146 e. The predicted molar refractivity (Wildman–Crippen MR) is 72.6 cm³/mol. The highest BCUT2D eigenvalue weighted by atomic mass is 35.5. The van der Waals surface area contributed by atoms with E-state index in [2.05, 4.69) is 15.1 Å². The average Bonchev–Trinajstić information content (AvgIpc) is 2.84. The molecule has 0 aliphatic carbocycles. The number of hydrogen-bond donors (Lipinski definition) is 1. The summed E-state index contributed by atoms with van der Waals surface area (Å²) in [6, 6.07) is 3.62. The van der Waals surface area contributed by atoms with Gasteiger partial charge in [0.25, 0.3) is 0 Å². The van der Waals surface area contributed by atoms with Crippen LogP contribution in [-0.4, -0.2) is 26.9 Å². The van der Waals surface area contributed by atoms with Gasteiger partial charge in [0, 0.05) is 11.6 Å². The Bertz CT molecular complexity index is 755. The highest BCUT2D eigenvalue weighted by Crippen LogP contribution is 2.31. The van der Waals surface area contributed by atoms with Crippen molar-refractivity contribution in [1.29, 1.82) is 0 Å². The zero-order valence-electron chi connectivity index (χ0n) is 10.0. The number of nitrogen functional groups attached to an aromatic ring is 1. The molecule has 6 nitrogen and oxygen atoms in total. The zero-order chi connectivity index (χ0) is 13.4. The van der Waals surface area contributed by atoms with Gasteiger partial charge in [0.15, 0.2) is 0 Å². The van der Waals surface area contributed by atoms with Crippen molar-refractivity contribution in [3.8, 4) is 11.4 Å². The van der Waals surface area contributed by atoms with Crippen LogP contribution in [0, 0.1) is 0 Å². The van der Waals surface area contributed by atoms with Gasteiger partial charge in [0.1, 0.15) is 29.1 Å². The molecule has 96 valence electrons. The minimum atomic E-state index is 0.409. The number of ether oxygens (including phenoxy) is 1. The van der Waals surface area contributed by atoms with Crippen molar-refractivity contribution < 1.29 is 4.74 Å². The fraction of sp³-hybridized carbons (Fsp3) is 0.0833. The number of anilines is 1. The second kappa shape index (κ2) is 4.40. The minimum absolute atomic E-state index is 0.409. The number of benzene rings is 1. The topological polar surface area (TPSA) is 78.9 Å². The van der Waals surface area contributed by atoms with Gasteiger partial charge in [-0.1, -0.05) is 11.6 Å². The number of methoxy groups -OCH3 is 1. The Labute approximate surface area is 113 Å². The van der Waals surface area contributed by atoms with Crippen LogP contribution in [0.25, 0.3) is 16.6 Å². The number of rotatable bonds is 2. The molecule has 3 rings (SSSR count). The van der Waals surface area contributed by atoms with E-state index in [0.717, 1.165) is 5.39 Å². The fourth-order valence-corrected chi connectivity index (χ4v) is 2.06. The maximum Gasteiger partial charge on any atom is 0.146 e. The van der Waals surface area contributed by atoms with E-state index in [-0.39, 0.29) is 0 Å². The van der Waals surface area contributed by atoms with Gasteiger partial charge in [-0.15, -0.1) is 0 Å². The molecule has 1 aromatic carbocycles. The van der Waals surface area contributed by atoms with Gasteiger partial charge in [0.2, 0.25) is 0 Å². The minimum Gasteiger partial charge on any atom is -0.494 e. The molecule has 19 heavy (non-hydrogen) atoms. The van der Waals surface area contributed by atoms with E-state index in [4.69, 9.17) is 22.1 Å². The lowest BCUT2D eigenvalue weighted by molar-refractivity contribution is 0.412.